The largest absolute Gasteiger partial charge is 0.345 e. The number of piperidine rings is 1. The first-order chi connectivity index (χ1) is 7.24. The second kappa shape index (κ2) is 6.83. The number of nitrogens with zero attached hydrogens (tertiary/aromatic N) is 1. The van der Waals surface area contributed by atoms with E-state index < -0.39 is 0 Å². The molecule has 1 aliphatic rings. The minimum absolute atomic E-state index is 0.315. The molecule has 0 unspecified atom stereocenters. The average molecular weight is 212 g/mol. The summed E-state index contributed by atoms with van der Waals surface area (Å²) in [7, 11) is 1.94. The summed E-state index contributed by atoms with van der Waals surface area (Å²) in [6.45, 7) is 5.30. The van der Waals surface area contributed by atoms with E-state index in [2.05, 4.69) is 12.2 Å². The van der Waals surface area contributed by atoms with Crippen molar-refractivity contribution in [2.24, 2.45) is 5.92 Å². The molecule has 1 amide bonds. The molecular formula is C12H24N2O. The highest BCUT2D eigenvalue weighted by Gasteiger charge is 2.17. The summed E-state index contributed by atoms with van der Waals surface area (Å²) in [5.74, 6) is 1.03. The molecule has 0 spiro atoms. The SMILES string of the molecule is CCCCC(=O)N(C)CC1CCNCC1. The van der Waals surface area contributed by atoms with Crippen LogP contribution >= 0.6 is 0 Å². The number of carbonyl (C=O) groups is 1. The van der Waals surface area contributed by atoms with Crippen molar-refractivity contribution in [2.45, 2.75) is 39.0 Å². The van der Waals surface area contributed by atoms with E-state index in [0.29, 0.717) is 11.8 Å². The normalized spacial score (nSPS) is 17.7. The molecule has 0 aliphatic carbocycles. The molecule has 0 saturated carbocycles. The molecule has 1 saturated heterocycles. The molecule has 0 aromatic rings. The van der Waals surface area contributed by atoms with E-state index in [4.69, 9.17) is 0 Å². The van der Waals surface area contributed by atoms with E-state index >= 15 is 0 Å². The Bertz CT molecular complexity index is 188. The third-order valence-electron chi connectivity index (χ3n) is 3.16. The molecule has 88 valence electrons. The Morgan fingerprint density at radius 3 is 2.67 bits per heavy atom. The molecule has 15 heavy (non-hydrogen) atoms. The summed E-state index contributed by atoms with van der Waals surface area (Å²) in [5.41, 5.74) is 0. The van der Waals surface area contributed by atoms with Crippen molar-refractivity contribution in [1.82, 2.24) is 10.2 Å². The lowest BCUT2D eigenvalue weighted by molar-refractivity contribution is -0.130. The fourth-order valence-corrected chi connectivity index (χ4v) is 2.07. The maximum atomic E-state index is 11.7. The van der Waals surface area contributed by atoms with Crippen molar-refractivity contribution in [1.29, 1.82) is 0 Å². The zero-order chi connectivity index (χ0) is 11.1. The molecule has 3 heteroatoms. The van der Waals surface area contributed by atoms with E-state index in [0.717, 1.165) is 38.9 Å². The highest BCUT2D eigenvalue weighted by atomic mass is 16.2. The molecule has 0 aromatic heterocycles. The fraction of sp³-hybridized carbons (Fsp3) is 0.917. The monoisotopic (exact) mass is 212 g/mol. The summed E-state index contributed by atoms with van der Waals surface area (Å²) in [4.78, 5) is 13.6. The van der Waals surface area contributed by atoms with Crippen LogP contribution < -0.4 is 5.32 Å². The molecule has 0 bridgehead atoms. The third-order valence-corrected chi connectivity index (χ3v) is 3.16. The van der Waals surface area contributed by atoms with Gasteiger partial charge in [0.2, 0.25) is 5.91 Å². The van der Waals surface area contributed by atoms with Crippen LogP contribution in [-0.2, 0) is 4.79 Å². The van der Waals surface area contributed by atoms with Gasteiger partial charge >= 0.3 is 0 Å². The molecule has 0 radical (unpaired) electrons. The third kappa shape index (κ3) is 4.65. The summed E-state index contributed by atoms with van der Waals surface area (Å²) in [6.07, 6.45) is 5.27. The predicted octanol–water partition coefficient (Wildman–Crippen LogP) is 1.63. The molecule has 1 fully saturated rings. The van der Waals surface area contributed by atoms with Gasteiger partial charge in [-0.15, -0.1) is 0 Å². The van der Waals surface area contributed by atoms with Crippen LogP contribution in [0.3, 0.4) is 0 Å². The quantitative estimate of drug-likeness (QED) is 0.751. The van der Waals surface area contributed by atoms with E-state index in [9.17, 15) is 4.79 Å². The van der Waals surface area contributed by atoms with Gasteiger partial charge in [-0.05, 0) is 38.3 Å². The molecular weight excluding hydrogens is 188 g/mol. The first-order valence-electron chi connectivity index (χ1n) is 6.18. The Balaban J connectivity index is 2.20. The van der Waals surface area contributed by atoms with Crippen molar-refractivity contribution >= 4 is 5.91 Å². The van der Waals surface area contributed by atoms with E-state index in [1.807, 2.05) is 11.9 Å². The van der Waals surface area contributed by atoms with Gasteiger partial charge in [-0.1, -0.05) is 13.3 Å². The molecule has 3 nitrogen and oxygen atoms in total. The van der Waals surface area contributed by atoms with Crippen molar-refractivity contribution in [3.8, 4) is 0 Å². The number of hydrogen-bond acceptors (Lipinski definition) is 2. The zero-order valence-electron chi connectivity index (χ0n) is 10.1. The van der Waals surface area contributed by atoms with Crippen LogP contribution in [0, 0.1) is 5.92 Å². The van der Waals surface area contributed by atoms with E-state index in [1.165, 1.54) is 12.8 Å². The number of rotatable bonds is 5. The first kappa shape index (κ1) is 12.5. The maximum Gasteiger partial charge on any atom is 0.222 e. The molecule has 1 aliphatic heterocycles. The van der Waals surface area contributed by atoms with Crippen LogP contribution in [0.5, 0.6) is 0 Å². The lowest BCUT2D eigenvalue weighted by Gasteiger charge is -2.27. The highest BCUT2D eigenvalue weighted by Crippen LogP contribution is 2.13. The molecule has 0 atom stereocenters. The van der Waals surface area contributed by atoms with E-state index in [1.54, 1.807) is 0 Å². The standard InChI is InChI=1S/C12H24N2O/c1-3-4-5-12(15)14(2)10-11-6-8-13-9-7-11/h11,13H,3-10H2,1-2H3. The summed E-state index contributed by atoms with van der Waals surface area (Å²) >= 11 is 0. The van der Waals surface area contributed by atoms with Gasteiger partial charge in [-0.25, -0.2) is 0 Å². The lowest BCUT2D eigenvalue weighted by atomic mass is 9.97. The van der Waals surface area contributed by atoms with Crippen LogP contribution in [0.1, 0.15) is 39.0 Å². The van der Waals surface area contributed by atoms with Crippen molar-refractivity contribution in [3.05, 3.63) is 0 Å². The van der Waals surface area contributed by atoms with Gasteiger partial charge in [0.1, 0.15) is 0 Å². The van der Waals surface area contributed by atoms with Gasteiger partial charge in [0.25, 0.3) is 0 Å². The number of amides is 1. The van der Waals surface area contributed by atoms with Gasteiger partial charge in [0, 0.05) is 20.0 Å². The maximum absolute atomic E-state index is 11.7. The summed E-state index contributed by atoms with van der Waals surface area (Å²) in [5, 5.41) is 3.35. The zero-order valence-corrected chi connectivity index (χ0v) is 10.1. The van der Waals surface area contributed by atoms with Crippen LogP contribution in [0.2, 0.25) is 0 Å². The molecule has 1 N–H and O–H groups in total. The van der Waals surface area contributed by atoms with E-state index in [-0.39, 0.29) is 0 Å². The van der Waals surface area contributed by atoms with Crippen LogP contribution in [0.25, 0.3) is 0 Å². The lowest BCUT2D eigenvalue weighted by Crippen LogP contribution is -2.37. The Labute approximate surface area is 93.2 Å². The number of unbranched alkanes of at least 4 members (excludes halogenated alkanes) is 1. The minimum Gasteiger partial charge on any atom is -0.345 e. The molecule has 0 aromatic carbocycles. The fourth-order valence-electron chi connectivity index (χ4n) is 2.07. The average Bonchev–Trinajstić information content (AvgIpc) is 2.27. The Kier molecular flexibility index (Phi) is 5.69. The Morgan fingerprint density at radius 1 is 1.40 bits per heavy atom. The summed E-state index contributed by atoms with van der Waals surface area (Å²) < 4.78 is 0. The number of nitrogens with one attached hydrogen (secondary N) is 1. The van der Waals surface area contributed by atoms with Crippen LogP contribution in [0.15, 0.2) is 0 Å². The van der Waals surface area contributed by atoms with Gasteiger partial charge < -0.3 is 10.2 Å². The van der Waals surface area contributed by atoms with Crippen molar-refractivity contribution in [3.63, 3.8) is 0 Å². The Morgan fingerprint density at radius 2 is 2.07 bits per heavy atom. The molecule has 1 rings (SSSR count). The molecule has 1 heterocycles. The predicted molar refractivity (Wildman–Crippen MR) is 62.8 cm³/mol. The van der Waals surface area contributed by atoms with Gasteiger partial charge in [0.05, 0.1) is 0 Å². The first-order valence-corrected chi connectivity index (χ1v) is 6.18. The van der Waals surface area contributed by atoms with Gasteiger partial charge in [-0.3, -0.25) is 4.79 Å². The minimum atomic E-state index is 0.315. The van der Waals surface area contributed by atoms with Crippen molar-refractivity contribution in [2.75, 3.05) is 26.7 Å². The second-order valence-electron chi connectivity index (χ2n) is 4.57. The number of carbonyl (C=O) groups excluding carboxylic acids is 1. The van der Waals surface area contributed by atoms with Crippen LogP contribution in [0.4, 0.5) is 0 Å². The van der Waals surface area contributed by atoms with Crippen molar-refractivity contribution < 1.29 is 4.79 Å². The topological polar surface area (TPSA) is 32.3 Å². The van der Waals surface area contributed by atoms with Gasteiger partial charge in [-0.2, -0.15) is 0 Å². The Hall–Kier alpha value is -0.570. The van der Waals surface area contributed by atoms with Gasteiger partial charge in [0.15, 0.2) is 0 Å². The van der Waals surface area contributed by atoms with Crippen LogP contribution in [-0.4, -0.2) is 37.5 Å². The summed E-state index contributed by atoms with van der Waals surface area (Å²) in [6, 6.07) is 0. The second-order valence-corrected chi connectivity index (χ2v) is 4.57. The smallest absolute Gasteiger partial charge is 0.222 e. The number of hydrogen-bond donors (Lipinski definition) is 1. The highest BCUT2D eigenvalue weighted by molar-refractivity contribution is 5.75.